The van der Waals surface area contributed by atoms with Crippen LogP contribution in [0.4, 0.5) is 10.5 Å². The van der Waals surface area contributed by atoms with Crippen molar-refractivity contribution in [1.82, 2.24) is 5.32 Å². The first-order valence-corrected chi connectivity index (χ1v) is 8.39. The Bertz CT molecular complexity index is 675. The Morgan fingerprint density at radius 2 is 2.09 bits per heavy atom. The molecule has 3 rings (SSSR count). The van der Waals surface area contributed by atoms with E-state index in [1.165, 1.54) is 0 Å². The predicted molar refractivity (Wildman–Crippen MR) is 89.8 cm³/mol. The van der Waals surface area contributed by atoms with Gasteiger partial charge in [0.2, 0.25) is 0 Å². The lowest BCUT2D eigenvalue weighted by Gasteiger charge is -2.26. The summed E-state index contributed by atoms with van der Waals surface area (Å²) in [5.41, 5.74) is 1.92. The van der Waals surface area contributed by atoms with Crippen LogP contribution in [-0.2, 0) is 6.42 Å². The molecule has 1 heterocycles. The van der Waals surface area contributed by atoms with Gasteiger partial charge in [0, 0.05) is 10.6 Å². The number of carbonyl (C=O) groups is 1. The number of hydrogen-bond donors (Lipinski definition) is 2. The normalized spacial score (nSPS) is 16.3. The molecule has 2 aromatic carbocycles. The van der Waals surface area contributed by atoms with Crippen LogP contribution in [0.1, 0.15) is 5.56 Å². The Kier molecular flexibility index (Phi) is 4.53. The third kappa shape index (κ3) is 3.54. The van der Waals surface area contributed by atoms with Crippen LogP contribution < -0.4 is 15.4 Å². The fourth-order valence-electron chi connectivity index (χ4n) is 2.47. The van der Waals surface area contributed by atoms with Crippen molar-refractivity contribution < 1.29 is 9.53 Å². The van der Waals surface area contributed by atoms with E-state index < -0.39 is 0 Å². The largest absolute Gasteiger partial charge is 0.491 e. The van der Waals surface area contributed by atoms with Gasteiger partial charge in [0.25, 0.3) is 0 Å². The second kappa shape index (κ2) is 6.75. The molecule has 5 heteroatoms. The number of para-hydroxylation sites is 1. The van der Waals surface area contributed by atoms with E-state index in [0.29, 0.717) is 6.61 Å². The summed E-state index contributed by atoms with van der Waals surface area (Å²) in [5, 5.41) is 5.83. The molecule has 0 radical (unpaired) electrons. The number of amides is 2. The van der Waals surface area contributed by atoms with Crippen LogP contribution in [0.15, 0.2) is 53.4 Å². The molecule has 1 unspecified atom stereocenters. The standard InChI is InChI=1S/C17H18N2O2S/c1-22-15-7-4-6-13(10-15)18-17(20)19-14-9-12-5-2-3-8-16(12)21-11-14/h2-8,10,14H,9,11H2,1H3,(H2,18,19,20). The zero-order valence-electron chi connectivity index (χ0n) is 12.3. The van der Waals surface area contributed by atoms with E-state index in [2.05, 4.69) is 10.6 Å². The minimum Gasteiger partial charge on any atom is -0.491 e. The quantitative estimate of drug-likeness (QED) is 0.852. The fourth-order valence-corrected chi connectivity index (χ4v) is 2.93. The molecule has 0 spiro atoms. The van der Waals surface area contributed by atoms with E-state index in [-0.39, 0.29) is 12.1 Å². The van der Waals surface area contributed by atoms with Gasteiger partial charge in [-0.25, -0.2) is 4.79 Å². The highest BCUT2D eigenvalue weighted by Crippen LogP contribution is 2.24. The molecule has 2 amide bonds. The number of fused-ring (bicyclic) bond motifs is 1. The molecule has 1 aliphatic heterocycles. The zero-order chi connectivity index (χ0) is 15.4. The van der Waals surface area contributed by atoms with E-state index in [1.807, 2.05) is 54.8 Å². The van der Waals surface area contributed by atoms with E-state index >= 15 is 0 Å². The lowest BCUT2D eigenvalue weighted by Crippen LogP contribution is -2.44. The van der Waals surface area contributed by atoms with Gasteiger partial charge in [-0.2, -0.15) is 0 Å². The van der Waals surface area contributed by atoms with Crippen molar-refractivity contribution in [3.05, 3.63) is 54.1 Å². The summed E-state index contributed by atoms with van der Waals surface area (Å²) in [6.45, 7) is 0.495. The van der Waals surface area contributed by atoms with Gasteiger partial charge in [0.15, 0.2) is 0 Å². The number of anilines is 1. The van der Waals surface area contributed by atoms with E-state index in [4.69, 9.17) is 4.74 Å². The summed E-state index contributed by atoms with van der Waals surface area (Å²) in [6.07, 6.45) is 2.80. The van der Waals surface area contributed by atoms with Crippen molar-refractivity contribution in [2.45, 2.75) is 17.4 Å². The average molecular weight is 314 g/mol. The van der Waals surface area contributed by atoms with Crippen LogP contribution in [-0.4, -0.2) is 24.9 Å². The molecule has 1 aliphatic rings. The van der Waals surface area contributed by atoms with Gasteiger partial charge in [-0.05, 0) is 42.5 Å². The molecule has 0 fully saturated rings. The summed E-state index contributed by atoms with van der Waals surface area (Å²) in [5.74, 6) is 0.911. The van der Waals surface area contributed by atoms with Gasteiger partial charge in [-0.1, -0.05) is 24.3 Å². The fraction of sp³-hybridized carbons (Fsp3) is 0.235. The highest BCUT2D eigenvalue weighted by molar-refractivity contribution is 7.98. The molecular formula is C17H18N2O2S. The molecular weight excluding hydrogens is 296 g/mol. The first kappa shape index (κ1) is 14.8. The lowest BCUT2D eigenvalue weighted by molar-refractivity contribution is 0.222. The average Bonchev–Trinajstić information content (AvgIpc) is 2.55. The predicted octanol–water partition coefficient (Wildman–Crippen LogP) is 3.53. The monoisotopic (exact) mass is 314 g/mol. The molecule has 22 heavy (non-hydrogen) atoms. The van der Waals surface area contributed by atoms with Gasteiger partial charge in [0.1, 0.15) is 12.4 Å². The SMILES string of the molecule is CSc1cccc(NC(=O)NC2COc3ccccc3C2)c1. The highest BCUT2D eigenvalue weighted by atomic mass is 32.2. The van der Waals surface area contributed by atoms with Gasteiger partial charge >= 0.3 is 6.03 Å². The number of ether oxygens (including phenoxy) is 1. The van der Waals surface area contributed by atoms with Crippen molar-refractivity contribution in [3.8, 4) is 5.75 Å². The van der Waals surface area contributed by atoms with Crippen LogP contribution >= 0.6 is 11.8 Å². The zero-order valence-corrected chi connectivity index (χ0v) is 13.2. The number of nitrogens with one attached hydrogen (secondary N) is 2. The molecule has 0 aliphatic carbocycles. The minimum atomic E-state index is -0.203. The first-order valence-electron chi connectivity index (χ1n) is 7.17. The van der Waals surface area contributed by atoms with Gasteiger partial charge in [-0.3, -0.25) is 0 Å². The lowest BCUT2D eigenvalue weighted by atomic mass is 10.0. The number of hydrogen-bond acceptors (Lipinski definition) is 3. The summed E-state index contributed by atoms with van der Waals surface area (Å²) in [6, 6.07) is 15.5. The van der Waals surface area contributed by atoms with Crippen molar-refractivity contribution in [2.75, 3.05) is 18.2 Å². The maximum Gasteiger partial charge on any atom is 0.319 e. The van der Waals surface area contributed by atoms with Crippen LogP contribution in [0, 0.1) is 0 Å². The Hall–Kier alpha value is -2.14. The van der Waals surface area contributed by atoms with Crippen molar-refractivity contribution in [3.63, 3.8) is 0 Å². The van der Waals surface area contributed by atoms with Gasteiger partial charge in [0.05, 0.1) is 6.04 Å². The highest BCUT2D eigenvalue weighted by Gasteiger charge is 2.20. The summed E-state index contributed by atoms with van der Waals surface area (Å²) in [4.78, 5) is 13.2. The Morgan fingerprint density at radius 3 is 2.95 bits per heavy atom. The van der Waals surface area contributed by atoms with Crippen LogP contribution in [0.2, 0.25) is 0 Å². The van der Waals surface area contributed by atoms with E-state index in [0.717, 1.165) is 28.3 Å². The molecule has 0 aromatic heterocycles. The third-order valence-electron chi connectivity index (χ3n) is 3.54. The number of urea groups is 1. The smallest absolute Gasteiger partial charge is 0.319 e. The van der Waals surface area contributed by atoms with Gasteiger partial charge in [-0.15, -0.1) is 11.8 Å². The van der Waals surface area contributed by atoms with Crippen LogP contribution in [0.5, 0.6) is 5.75 Å². The van der Waals surface area contributed by atoms with E-state index in [1.54, 1.807) is 11.8 Å². The summed E-state index contributed by atoms with van der Waals surface area (Å²) >= 11 is 1.65. The number of benzene rings is 2. The molecule has 4 nitrogen and oxygen atoms in total. The Labute approximate surface area is 134 Å². The van der Waals surface area contributed by atoms with Crippen molar-refractivity contribution in [1.29, 1.82) is 0 Å². The Balaban J connectivity index is 1.58. The molecule has 2 N–H and O–H groups in total. The van der Waals surface area contributed by atoms with Crippen molar-refractivity contribution in [2.24, 2.45) is 0 Å². The molecule has 1 atom stereocenters. The first-order chi connectivity index (χ1) is 10.7. The summed E-state index contributed by atoms with van der Waals surface area (Å²) in [7, 11) is 0. The number of thioether (sulfide) groups is 1. The maximum atomic E-state index is 12.1. The molecule has 114 valence electrons. The van der Waals surface area contributed by atoms with Crippen LogP contribution in [0.3, 0.4) is 0 Å². The van der Waals surface area contributed by atoms with Crippen molar-refractivity contribution >= 4 is 23.5 Å². The number of carbonyl (C=O) groups excluding carboxylic acids is 1. The maximum absolute atomic E-state index is 12.1. The second-order valence-corrected chi connectivity index (χ2v) is 6.03. The molecule has 0 saturated heterocycles. The molecule has 0 saturated carbocycles. The molecule has 0 bridgehead atoms. The minimum absolute atomic E-state index is 0.0152. The van der Waals surface area contributed by atoms with E-state index in [9.17, 15) is 4.79 Å². The molecule has 2 aromatic rings. The summed E-state index contributed by atoms with van der Waals surface area (Å²) < 4.78 is 5.68. The number of rotatable bonds is 3. The van der Waals surface area contributed by atoms with Crippen LogP contribution in [0.25, 0.3) is 0 Å². The topological polar surface area (TPSA) is 50.4 Å². The Morgan fingerprint density at radius 1 is 1.23 bits per heavy atom. The second-order valence-electron chi connectivity index (χ2n) is 5.15. The van der Waals surface area contributed by atoms with Gasteiger partial charge < -0.3 is 15.4 Å². The third-order valence-corrected chi connectivity index (χ3v) is 4.27.